The number of fused-ring (bicyclic) bond motifs is 5. The maximum absolute atomic E-state index is 14.5. The largest absolute Gasteiger partial charge is 0.497 e. The summed E-state index contributed by atoms with van der Waals surface area (Å²) < 4.78 is 12.6. The number of carbonyl (C=O) groups excluding carboxylic acids is 2. The lowest BCUT2D eigenvalue weighted by Crippen LogP contribution is -3.03. The van der Waals surface area contributed by atoms with Crippen molar-refractivity contribution in [2.45, 2.75) is 83.6 Å². The molecule has 38 heavy (non-hydrogen) atoms. The average Bonchev–Trinajstić information content (AvgIpc) is 3.13. The van der Waals surface area contributed by atoms with Crippen LogP contribution in [0.1, 0.15) is 60.5 Å². The van der Waals surface area contributed by atoms with E-state index in [1.165, 1.54) is 0 Å². The molecule has 1 N–H and O–H groups in total. The zero-order valence-electron chi connectivity index (χ0n) is 25.0. The van der Waals surface area contributed by atoms with Crippen molar-refractivity contribution in [2.75, 3.05) is 27.8 Å². The van der Waals surface area contributed by atoms with Crippen LogP contribution in [0.5, 0.6) is 5.75 Å². The van der Waals surface area contributed by atoms with Crippen LogP contribution in [-0.4, -0.2) is 64.7 Å². The molecule has 0 saturated carbocycles. The average molecular weight is 540 g/mol. The number of ether oxygens (including phenoxy) is 1. The van der Waals surface area contributed by atoms with Crippen LogP contribution in [0.4, 0.5) is 5.69 Å². The summed E-state index contributed by atoms with van der Waals surface area (Å²) in [5, 5.41) is 0. The van der Waals surface area contributed by atoms with Crippen LogP contribution in [0.25, 0.3) is 5.57 Å². The summed E-state index contributed by atoms with van der Waals surface area (Å²) in [5.41, 5.74) is 5.98. The predicted octanol–water partition coefficient (Wildman–Crippen LogP) is 4.79. The summed E-state index contributed by atoms with van der Waals surface area (Å²) in [4.78, 5) is 30.5. The number of likely N-dealkylation sites (N-methyl/N-ethyl adjacent to an activating group) is 2. The number of hydrogen-bond acceptors (Lipinski definition) is 5. The number of hydrogen-bond donors (Lipinski definition) is 1. The van der Waals surface area contributed by atoms with E-state index >= 15 is 0 Å². The molecule has 4 rings (SSSR count). The van der Waals surface area contributed by atoms with Crippen LogP contribution in [0.3, 0.4) is 0 Å². The monoisotopic (exact) mass is 539 g/mol. The maximum Gasteiger partial charge on any atom is 0.200 e. The molecule has 0 aliphatic carbocycles. The van der Waals surface area contributed by atoms with Crippen molar-refractivity contribution in [3.63, 3.8) is 0 Å². The molecule has 1 aromatic carbocycles. The smallest absolute Gasteiger partial charge is 0.200 e. The van der Waals surface area contributed by atoms with Crippen molar-refractivity contribution in [2.24, 2.45) is 11.8 Å². The third-order valence-corrected chi connectivity index (χ3v) is 16.0. The Balaban J connectivity index is 1.80. The minimum atomic E-state index is -2.17. The second-order valence-electron chi connectivity index (χ2n) is 12.5. The third-order valence-electron chi connectivity index (χ3n) is 9.88. The third kappa shape index (κ3) is 4.26. The first-order chi connectivity index (χ1) is 17.8. The fraction of sp³-hybridized carbons (Fsp3) is 0.613. The highest BCUT2D eigenvalue weighted by Crippen LogP contribution is 2.49. The van der Waals surface area contributed by atoms with Gasteiger partial charge in [0.15, 0.2) is 19.9 Å². The molecule has 0 amide bonds. The number of methoxy groups -OCH3 is 1. The van der Waals surface area contributed by atoms with Crippen LogP contribution in [0.2, 0.25) is 16.6 Å². The quantitative estimate of drug-likeness (QED) is 0.361. The molecule has 0 spiro atoms. The first-order valence-corrected chi connectivity index (χ1v) is 16.3. The highest BCUT2D eigenvalue weighted by atomic mass is 28.4. The summed E-state index contributed by atoms with van der Waals surface area (Å²) >= 11 is 0. The second kappa shape index (κ2) is 10.5. The molecule has 2 bridgehead atoms. The zero-order chi connectivity index (χ0) is 28.3. The van der Waals surface area contributed by atoms with Gasteiger partial charge in [-0.25, -0.2) is 0 Å². The van der Waals surface area contributed by atoms with E-state index in [1.807, 2.05) is 18.2 Å². The summed E-state index contributed by atoms with van der Waals surface area (Å²) in [7, 11) is 3.69. The van der Waals surface area contributed by atoms with Crippen molar-refractivity contribution < 1.29 is 23.7 Å². The van der Waals surface area contributed by atoms with Gasteiger partial charge in [-0.2, -0.15) is 0 Å². The highest BCUT2D eigenvalue weighted by molar-refractivity contribution is 6.77. The van der Waals surface area contributed by atoms with Gasteiger partial charge < -0.3 is 9.16 Å². The molecule has 7 heteroatoms. The fourth-order valence-corrected chi connectivity index (χ4v) is 13.6. The van der Waals surface area contributed by atoms with Gasteiger partial charge in [0, 0.05) is 18.6 Å². The molecule has 0 aromatic heterocycles. The van der Waals surface area contributed by atoms with E-state index in [2.05, 4.69) is 67.1 Å². The molecule has 1 unspecified atom stereocenters. The van der Waals surface area contributed by atoms with Crippen LogP contribution >= 0.6 is 0 Å². The Labute approximate surface area is 230 Å². The predicted molar refractivity (Wildman–Crippen MR) is 155 cm³/mol. The molecule has 3 aliphatic rings. The molecular weight excluding hydrogens is 492 g/mol. The van der Waals surface area contributed by atoms with Gasteiger partial charge in [0.2, 0.25) is 0 Å². The van der Waals surface area contributed by atoms with Gasteiger partial charge in [-0.05, 0) is 60.6 Å². The van der Waals surface area contributed by atoms with Gasteiger partial charge in [-0.1, -0.05) is 48.1 Å². The molecule has 5 atom stereocenters. The maximum atomic E-state index is 14.5. The standard InChI is InChI=1S/C31H46N2O4Si/c1-17(2)38(18(3)4,19(5)6)37-16-25-24(20(7)21(8)34)15-27-30-28(31(35)29(25)33(27)10)23-13-12-22(36-11)14-26(23)32(30)9/h12-14,17-19,24-25,27,29H,7,15-16H2,1-6,8-11H3/p+1/t24-,25+,27-,29+/m0/s1. The molecule has 208 valence electrons. The van der Waals surface area contributed by atoms with Crippen LogP contribution in [0.15, 0.2) is 36.0 Å². The minimum absolute atomic E-state index is 0.00418. The Kier molecular flexibility index (Phi) is 7.99. The minimum Gasteiger partial charge on any atom is -0.497 e. The van der Waals surface area contributed by atoms with E-state index in [0.717, 1.165) is 39.6 Å². The number of piperidine rings is 1. The van der Waals surface area contributed by atoms with E-state index in [9.17, 15) is 9.59 Å². The fourth-order valence-electron chi connectivity index (χ4n) is 8.09. The summed E-state index contributed by atoms with van der Waals surface area (Å²) in [6.07, 6.45) is 0.758. The molecular formula is C31H47N2O4Si+. The van der Waals surface area contributed by atoms with E-state index in [-0.39, 0.29) is 35.5 Å². The normalized spacial score (nSPS) is 27.3. The number of carbonyl (C=O) groups is 2. The van der Waals surface area contributed by atoms with Crippen molar-refractivity contribution in [1.82, 2.24) is 4.90 Å². The first kappa shape index (κ1) is 28.9. The Hall–Kier alpha value is -2.06. The summed E-state index contributed by atoms with van der Waals surface area (Å²) in [6, 6.07) is 5.71. The lowest BCUT2D eigenvalue weighted by atomic mass is 9.67. The number of allylic oxidation sites excluding steroid dienone is 1. The van der Waals surface area contributed by atoms with Crippen LogP contribution in [-0.2, 0) is 14.0 Å². The molecule has 1 saturated heterocycles. The molecule has 0 radical (unpaired) electrons. The van der Waals surface area contributed by atoms with Crippen molar-refractivity contribution in [1.29, 1.82) is 0 Å². The van der Waals surface area contributed by atoms with Gasteiger partial charge >= 0.3 is 0 Å². The van der Waals surface area contributed by atoms with Crippen molar-refractivity contribution in [3.05, 3.63) is 41.6 Å². The molecule has 6 nitrogen and oxygen atoms in total. The number of quaternary nitrogens is 1. The Morgan fingerprint density at radius 2 is 1.76 bits per heavy atom. The van der Waals surface area contributed by atoms with Gasteiger partial charge in [0.05, 0.1) is 37.4 Å². The first-order valence-electron chi connectivity index (χ1n) is 14.2. The SMILES string of the molecule is C=C(C(C)=O)[C@@H]1C[C@H]2C3=C(C(=O)[C@@H]([C@@H]1CO[Si](C(C)C)(C(C)C)C(C)C)N2C)c1ccc(OC)cc1[NH+]3C. The Bertz CT molecular complexity index is 1150. The Morgan fingerprint density at radius 3 is 2.29 bits per heavy atom. The molecule has 3 heterocycles. The number of benzene rings is 1. The highest BCUT2D eigenvalue weighted by Gasteiger charge is 2.57. The van der Waals surface area contributed by atoms with Gasteiger partial charge in [-0.3, -0.25) is 19.4 Å². The number of rotatable bonds is 9. The van der Waals surface area contributed by atoms with Crippen LogP contribution in [0, 0.1) is 11.8 Å². The number of Topliss-reactive ketones (excluding diaryl/α,β-unsaturated/α-hetero) is 2. The van der Waals surface area contributed by atoms with Gasteiger partial charge in [0.25, 0.3) is 0 Å². The number of ketones is 2. The van der Waals surface area contributed by atoms with Gasteiger partial charge in [0.1, 0.15) is 17.1 Å². The molecule has 1 fully saturated rings. The van der Waals surface area contributed by atoms with E-state index in [0.29, 0.717) is 28.8 Å². The number of nitrogens with zero attached hydrogens (tertiary/aromatic N) is 1. The summed E-state index contributed by atoms with van der Waals surface area (Å²) in [5.74, 6) is 0.714. The summed E-state index contributed by atoms with van der Waals surface area (Å²) in [6.45, 7) is 20.0. The lowest BCUT2D eigenvalue weighted by molar-refractivity contribution is -0.767. The van der Waals surface area contributed by atoms with E-state index in [4.69, 9.17) is 9.16 Å². The topological polar surface area (TPSA) is 60.3 Å². The van der Waals surface area contributed by atoms with Crippen LogP contribution < -0.4 is 9.64 Å². The number of nitrogens with one attached hydrogen (secondary N) is 1. The lowest BCUT2D eigenvalue weighted by Gasteiger charge is -2.52. The van der Waals surface area contributed by atoms with Crippen molar-refractivity contribution in [3.8, 4) is 5.75 Å². The van der Waals surface area contributed by atoms with E-state index < -0.39 is 8.32 Å². The second-order valence-corrected chi connectivity index (χ2v) is 18.0. The van der Waals surface area contributed by atoms with Gasteiger partial charge in [-0.15, -0.1) is 0 Å². The van der Waals surface area contributed by atoms with Crippen molar-refractivity contribution >= 4 is 31.1 Å². The Morgan fingerprint density at radius 1 is 1.16 bits per heavy atom. The zero-order valence-corrected chi connectivity index (χ0v) is 26.0. The van der Waals surface area contributed by atoms with E-state index in [1.54, 1.807) is 14.0 Å². The molecule has 3 aliphatic heterocycles. The molecule has 1 aromatic rings.